The Kier molecular flexibility index (Phi) is 9.32. The number of phenolic OH excluding ortho intramolecular Hbond substituents is 2. The SMILES string of the molecule is COc1cc(N(CC2NCCc3cc(O)c(O)cc32)C(=O)OCc2ccccc2)cc(OC)c1OC.Cl. The quantitative estimate of drug-likeness (QED) is 0.363. The molecule has 9 nitrogen and oxygen atoms in total. The van der Waals surface area contributed by atoms with Crippen molar-refractivity contribution in [3.8, 4) is 28.7 Å². The van der Waals surface area contributed by atoms with E-state index in [1.54, 1.807) is 18.2 Å². The molecule has 1 amide bonds. The first-order chi connectivity index (χ1) is 17.4. The van der Waals surface area contributed by atoms with Crippen LogP contribution in [0.15, 0.2) is 54.6 Å². The van der Waals surface area contributed by atoms with Crippen LogP contribution < -0.4 is 24.4 Å². The third-order valence-electron chi connectivity index (χ3n) is 6.15. The summed E-state index contributed by atoms with van der Waals surface area (Å²) in [5.41, 5.74) is 3.04. The van der Waals surface area contributed by atoms with Crippen molar-refractivity contribution in [2.45, 2.75) is 19.1 Å². The van der Waals surface area contributed by atoms with E-state index in [2.05, 4.69) is 5.32 Å². The Balaban J connectivity index is 0.00000380. The second-order valence-electron chi connectivity index (χ2n) is 8.33. The fourth-order valence-electron chi connectivity index (χ4n) is 4.32. The Hall–Kier alpha value is -3.82. The highest BCUT2D eigenvalue weighted by Crippen LogP contribution is 2.42. The number of benzene rings is 3. The lowest BCUT2D eigenvalue weighted by molar-refractivity contribution is 0.146. The van der Waals surface area contributed by atoms with E-state index in [1.807, 2.05) is 30.3 Å². The van der Waals surface area contributed by atoms with Gasteiger partial charge in [-0.15, -0.1) is 12.4 Å². The minimum absolute atomic E-state index is 0. The molecule has 198 valence electrons. The molecule has 3 aromatic carbocycles. The number of halogens is 1. The molecule has 1 aliphatic heterocycles. The van der Waals surface area contributed by atoms with E-state index >= 15 is 0 Å². The molecule has 0 fully saturated rings. The summed E-state index contributed by atoms with van der Waals surface area (Å²) < 4.78 is 22.1. The lowest BCUT2D eigenvalue weighted by Crippen LogP contribution is -2.42. The van der Waals surface area contributed by atoms with Crippen molar-refractivity contribution in [3.63, 3.8) is 0 Å². The third kappa shape index (κ3) is 6.12. The van der Waals surface area contributed by atoms with Crippen molar-refractivity contribution >= 4 is 24.2 Å². The lowest BCUT2D eigenvalue weighted by Gasteiger charge is -2.32. The zero-order chi connectivity index (χ0) is 25.7. The summed E-state index contributed by atoms with van der Waals surface area (Å²) >= 11 is 0. The summed E-state index contributed by atoms with van der Waals surface area (Å²) in [7, 11) is 4.53. The second-order valence-corrected chi connectivity index (χ2v) is 8.33. The monoisotopic (exact) mass is 530 g/mol. The summed E-state index contributed by atoms with van der Waals surface area (Å²) in [6.45, 7) is 0.928. The van der Waals surface area contributed by atoms with Crippen LogP contribution in [0.4, 0.5) is 10.5 Å². The number of rotatable bonds is 8. The number of carbonyl (C=O) groups excluding carboxylic acids is 1. The van der Waals surface area contributed by atoms with Crippen molar-refractivity contribution in [3.05, 3.63) is 71.3 Å². The molecule has 0 bridgehead atoms. The number of hydrogen-bond acceptors (Lipinski definition) is 8. The summed E-state index contributed by atoms with van der Waals surface area (Å²) in [6.07, 6.45) is 0.118. The zero-order valence-corrected chi connectivity index (χ0v) is 21.7. The molecule has 0 radical (unpaired) electrons. The maximum absolute atomic E-state index is 13.5. The molecule has 1 aliphatic rings. The van der Waals surface area contributed by atoms with Gasteiger partial charge in [0, 0.05) is 18.7 Å². The first-order valence-corrected chi connectivity index (χ1v) is 11.5. The molecule has 0 aliphatic carbocycles. The van der Waals surface area contributed by atoms with Gasteiger partial charge in [-0.1, -0.05) is 30.3 Å². The van der Waals surface area contributed by atoms with Gasteiger partial charge in [0.1, 0.15) is 6.61 Å². The molecule has 37 heavy (non-hydrogen) atoms. The van der Waals surface area contributed by atoms with Gasteiger partial charge in [0.15, 0.2) is 23.0 Å². The van der Waals surface area contributed by atoms with E-state index in [4.69, 9.17) is 18.9 Å². The molecule has 10 heteroatoms. The van der Waals surface area contributed by atoms with Crippen LogP contribution in [0.2, 0.25) is 0 Å². The Bertz CT molecular complexity index is 1200. The maximum Gasteiger partial charge on any atom is 0.414 e. The fraction of sp³-hybridized carbons (Fsp3) is 0.296. The van der Waals surface area contributed by atoms with Crippen LogP contribution in [0, 0.1) is 0 Å². The highest BCUT2D eigenvalue weighted by Gasteiger charge is 2.29. The topological polar surface area (TPSA) is 110 Å². The number of phenols is 2. The highest BCUT2D eigenvalue weighted by atomic mass is 35.5. The smallest absolute Gasteiger partial charge is 0.414 e. The van der Waals surface area contributed by atoms with Crippen LogP contribution in [-0.4, -0.2) is 50.7 Å². The van der Waals surface area contributed by atoms with Crippen LogP contribution in [0.5, 0.6) is 28.7 Å². The predicted molar refractivity (Wildman–Crippen MR) is 142 cm³/mol. The first-order valence-electron chi connectivity index (χ1n) is 11.5. The number of amides is 1. The van der Waals surface area contributed by atoms with Crippen molar-refractivity contribution in [2.75, 3.05) is 39.3 Å². The molecular formula is C27H31ClN2O7. The van der Waals surface area contributed by atoms with E-state index in [9.17, 15) is 15.0 Å². The van der Waals surface area contributed by atoms with Crippen molar-refractivity contribution in [2.24, 2.45) is 0 Å². The molecule has 0 saturated heterocycles. The summed E-state index contributed by atoms with van der Waals surface area (Å²) in [4.78, 5) is 14.9. The average Bonchev–Trinajstić information content (AvgIpc) is 2.90. The van der Waals surface area contributed by atoms with Gasteiger partial charge in [-0.2, -0.15) is 0 Å². The Morgan fingerprint density at radius 3 is 2.24 bits per heavy atom. The Morgan fingerprint density at radius 1 is 0.973 bits per heavy atom. The number of hydrogen-bond donors (Lipinski definition) is 3. The lowest BCUT2D eigenvalue weighted by atomic mass is 9.93. The van der Waals surface area contributed by atoms with E-state index in [0.717, 1.165) is 16.7 Å². The number of fused-ring (bicyclic) bond motifs is 1. The Labute approximate surface area is 221 Å². The normalized spacial score (nSPS) is 14.1. The zero-order valence-electron chi connectivity index (χ0n) is 20.9. The van der Waals surface area contributed by atoms with Gasteiger partial charge in [-0.25, -0.2) is 4.79 Å². The van der Waals surface area contributed by atoms with Crippen LogP contribution in [0.3, 0.4) is 0 Å². The molecule has 1 atom stereocenters. The highest BCUT2D eigenvalue weighted by molar-refractivity contribution is 5.89. The fourth-order valence-corrected chi connectivity index (χ4v) is 4.32. The van der Waals surface area contributed by atoms with Gasteiger partial charge in [0.25, 0.3) is 0 Å². The standard InChI is InChI=1S/C27H30N2O7.ClH/c1-33-24-12-19(13-25(34-2)26(24)35-3)29(27(32)36-16-17-7-5-4-6-8-17)15-21-20-14-23(31)22(30)11-18(20)9-10-28-21;/h4-8,11-14,21,28,30-31H,9-10,15-16H2,1-3H3;1H. The molecule has 0 aromatic heterocycles. The molecule has 3 N–H and O–H groups in total. The minimum atomic E-state index is -0.565. The average molecular weight is 531 g/mol. The number of nitrogens with one attached hydrogen (secondary N) is 1. The van der Waals surface area contributed by atoms with Crippen LogP contribution in [0.25, 0.3) is 0 Å². The van der Waals surface area contributed by atoms with E-state index in [1.165, 1.54) is 32.3 Å². The van der Waals surface area contributed by atoms with Crippen LogP contribution in [-0.2, 0) is 17.8 Å². The summed E-state index contributed by atoms with van der Waals surface area (Å²) in [5.74, 6) is 0.814. The van der Waals surface area contributed by atoms with Crippen LogP contribution in [0.1, 0.15) is 22.7 Å². The summed E-state index contributed by atoms with van der Waals surface area (Å²) in [6, 6.07) is 15.6. The first kappa shape index (κ1) is 27.8. The van der Waals surface area contributed by atoms with Gasteiger partial charge < -0.3 is 34.5 Å². The van der Waals surface area contributed by atoms with Gasteiger partial charge >= 0.3 is 6.09 Å². The number of aromatic hydroxyl groups is 2. The summed E-state index contributed by atoms with van der Waals surface area (Å²) in [5, 5.41) is 23.5. The predicted octanol–water partition coefficient (Wildman–Crippen LogP) is 4.58. The van der Waals surface area contributed by atoms with E-state index < -0.39 is 6.09 Å². The number of carbonyl (C=O) groups is 1. The van der Waals surface area contributed by atoms with E-state index in [-0.39, 0.29) is 43.1 Å². The minimum Gasteiger partial charge on any atom is -0.504 e. The van der Waals surface area contributed by atoms with Crippen molar-refractivity contribution in [1.29, 1.82) is 0 Å². The van der Waals surface area contributed by atoms with E-state index in [0.29, 0.717) is 35.9 Å². The van der Waals surface area contributed by atoms with Gasteiger partial charge in [0.05, 0.1) is 33.1 Å². The second kappa shape index (κ2) is 12.4. The van der Waals surface area contributed by atoms with Gasteiger partial charge in [-0.05, 0) is 41.8 Å². The van der Waals surface area contributed by atoms with Crippen molar-refractivity contribution < 1.29 is 34.0 Å². The molecule has 4 rings (SSSR count). The molecule has 1 unspecified atom stereocenters. The maximum atomic E-state index is 13.5. The number of ether oxygens (including phenoxy) is 4. The van der Waals surface area contributed by atoms with Gasteiger partial charge in [0.2, 0.25) is 5.75 Å². The third-order valence-corrected chi connectivity index (χ3v) is 6.15. The van der Waals surface area contributed by atoms with Gasteiger partial charge in [-0.3, -0.25) is 4.90 Å². The largest absolute Gasteiger partial charge is 0.504 e. The number of nitrogens with zero attached hydrogens (tertiary/aromatic N) is 1. The molecule has 0 spiro atoms. The molecule has 3 aromatic rings. The van der Waals surface area contributed by atoms with Crippen molar-refractivity contribution in [1.82, 2.24) is 5.32 Å². The molecule has 0 saturated carbocycles. The molecular weight excluding hydrogens is 500 g/mol. The van der Waals surface area contributed by atoms with Crippen LogP contribution >= 0.6 is 12.4 Å². The Morgan fingerprint density at radius 2 is 1.62 bits per heavy atom. The number of anilines is 1. The number of methoxy groups -OCH3 is 3. The molecule has 1 heterocycles.